The Bertz CT molecular complexity index is 310. The molecule has 0 aliphatic rings. The van der Waals surface area contributed by atoms with E-state index in [-0.39, 0.29) is 18.0 Å². The summed E-state index contributed by atoms with van der Waals surface area (Å²) in [6, 6.07) is 6.54. The normalized spacial score (nSPS) is 14.9. The van der Waals surface area contributed by atoms with Crippen LogP contribution in [0, 0.1) is 5.82 Å². The van der Waals surface area contributed by atoms with Gasteiger partial charge in [-0.25, -0.2) is 4.39 Å². The molecular formula is C12H18FNO. The lowest BCUT2D eigenvalue weighted by atomic mass is 9.84. The first-order valence-electron chi connectivity index (χ1n) is 5.24. The van der Waals surface area contributed by atoms with Gasteiger partial charge in [0.15, 0.2) is 0 Å². The second-order valence-electron chi connectivity index (χ2n) is 3.67. The minimum absolute atomic E-state index is 0.0885. The van der Waals surface area contributed by atoms with E-state index in [1.807, 2.05) is 20.0 Å². The van der Waals surface area contributed by atoms with Crippen LogP contribution in [0.5, 0.6) is 0 Å². The van der Waals surface area contributed by atoms with Gasteiger partial charge in [-0.2, -0.15) is 0 Å². The average Bonchev–Trinajstić information content (AvgIpc) is 2.26. The zero-order valence-corrected chi connectivity index (χ0v) is 9.26. The predicted molar refractivity (Wildman–Crippen MR) is 59.1 cm³/mol. The van der Waals surface area contributed by atoms with E-state index < -0.39 is 0 Å². The maximum Gasteiger partial charge on any atom is 0.123 e. The number of benzene rings is 1. The van der Waals surface area contributed by atoms with Crippen LogP contribution in [0.2, 0.25) is 0 Å². The zero-order valence-electron chi connectivity index (χ0n) is 9.26. The number of nitrogens with one attached hydrogen (secondary N) is 1. The number of hydrogen-bond donors (Lipinski definition) is 2. The molecule has 0 spiro atoms. The van der Waals surface area contributed by atoms with E-state index in [1.165, 1.54) is 12.1 Å². The molecule has 0 amide bonds. The van der Waals surface area contributed by atoms with E-state index in [2.05, 4.69) is 5.32 Å². The lowest BCUT2D eigenvalue weighted by Gasteiger charge is -2.32. The van der Waals surface area contributed by atoms with Crippen LogP contribution in [0.15, 0.2) is 24.3 Å². The number of aliphatic hydroxyl groups excluding tert-OH is 1. The van der Waals surface area contributed by atoms with Gasteiger partial charge in [-0.05, 0) is 37.6 Å². The first-order valence-corrected chi connectivity index (χ1v) is 5.24. The summed E-state index contributed by atoms with van der Waals surface area (Å²) < 4.78 is 13.1. The third-order valence-electron chi connectivity index (χ3n) is 3.00. The minimum atomic E-state index is -0.323. The van der Waals surface area contributed by atoms with Crippen molar-refractivity contribution < 1.29 is 9.50 Å². The van der Waals surface area contributed by atoms with Crippen LogP contribution in [0.4, 0.5) is 4.39 Å². The van der Waals surface area contributed by atoms with Gasteiger partial charge in [0, 0.05) is 12.1 Å². The van der Waals surface area contributed by atoms with Gasteiger partial charge in [0.1, 0.15) is 5.82 Å². The molecule has 0 saturated carbocycles. The van der Waals surface area contributed by atoms with Crippen LogP contribution in [-0.2, 0) is 5.54 Å². The monoisotopic (exact) mass is 211 g/mol. The highest BCUT2D eigenvalue weighted by atomic mass is 19.1. The van der Waals surface area contributed by atoms with Gasteiger partial charge in [0.25, 0.3) is 0 Å². The van der Waals surface area contributed by atoms with E-state index in [0.717, 1.165) is 12.0 Å². The Hall–Kier alpha value is -0.930. The maximum absolute atomic E-state index is 13.1. The molecule has 0 aliphatic heterocycles. The summed E-state index contributed by atoms with van der Waals surface area (Å²) >= 11 is 0. The first kappa shape index (κ1) is 12.1. The van der Waals surface area contributed by atoms with Crippen molar-refractivity contribution in [1.29, 1.82) is 0 Å². The lowest BCUT2D eigenvalue weighted by Crippen LogP contribution is -2.40. The Balaban J connectivity index is 3.07. The molecule has 0 aromatic heterocycles. The van der Waals surface area contributed by atoms with E-state index in [9.17, 15) is 4.39 Å². The summed E-state index contributed by atoms with van der Waals surface area (Å²) in [5, 5.41) is 12.2. The SMILES string of the molecule is CCC(CCO)(NC)c1cccc(F)c1. The van der Waals surface area contributed by atoms with Gasteiger partial charge in [0.2, 0.25) is 0 Å². The van der Waals surface area contributed by atoms with Crippen molar-refractivity contribution in [2.45, 2.75) is 25.3 Å². The molecule has 0 aliphatic carbocycles. The number of hydrogen-bond acceptors (Lipinski definition) is 2. The van der Waals surface area contributed by atoms with Crippen molar-refractivity contribution in [3.63, 3.8) is 0 Å². The topological polar surface area (TPSA) is 32.3 Å². The van der Waals surface area contributed by atoms with E-state index in [1.54, 1.807) is 6.07 Å². The van der Waals surface area contributed by atoms with E-state index in [0.29, 0.717) is 6.42 Å². The van der Waals surface area contributed by atoms with Gasteiger partial charge in [-0.15, -0.1) is 0 Å². The van der Waals surface area contributed by atoms with Crippen molar-refractivity contribution in [3.05, 3.63) is 35.6 Å². The number of halogens is 1. The quantitative estimate of drug-likeness (QED) is 0.781. The molecule has 1 unspecified atom stereocenters. The summed E-state index contributed by atoms with van der Waals surface area (Å²) in [5.41, 5.74) is 0.568. The summed E-state index contributed by atoms with van der Waals surface area (Å²) in [7, 11) is 1.84. The Morgan fingerprint density at radius 2 is 2.20 bits per heavy atom. The van der Waals surface area contributed by atoms with Gasteiger partial charge in [0.05, 0.1) is 0 Å². The van der Waals surface area contributed by atoms with Gasteiger partial charge < -0.3 is 10.4 Å². The molecule has 1 rings (SSSR count). The van der Waals surface area contributed by atoms with Crippen molar-refractivity contribution >= 4 is 0 Å². The van der Waals surface area contributed by atoms with Crippen LogP contribution in [0.3, 0.4) is 0 Å². The highest BCUT2D eigenvalue weighted by Crippen LogP contribution is 2.28. The largest absolute Gasteiger partial charge is 0.396 e. The second kappa shape index (κ2) is 5.24. The third kappa shape index (κ3) is 2.55. The molecule has 0 saturated heterocycles. The molecule has 0 bridgehead atoms. The number of rotatable bonds is 5. The molecule has 0 heterocycles. The Labute approximate surface area is 90.1 Å². The summed E-state index contributed by atoms with van der Waals surface area (Å²) in [5.74, 6) is -0.237. The van der Waals surface area contributed by atoms with Crippen molar-refractivity contribution in [1.82, 2.24) is 5.32 Å². The van der Waals surface area contributed by atoms with E-state index >= 15 is 0 Å². The van der Waals surface area contributed by atoms with Crippen molar-refractivity contribution in [2.24, 2.45) is 0 Å². The van der Waals surface area contributed by atoms with Crippen molar-refractivity contribution in [3.8, 4) is 0 Å². The molecule has 2 nitrogen and oxygen atoms in total. The molecule has 84 valence electrons. The van der Waals surface area contributed by atoms with E-state index in [4.69, 9.17) is 5.11 Å². The Morgan fingerprint density at radius 1 is 1.47 bits per heavy atom. The molecule has 0 radical (unpaired) electrons. The summed E-state index contributed by atoms with van der Waals surface area (Å²) in [6.07, 6.45) is 1.40. The molecule has 3 heteroatoms. The fourth-order valence-corrected chi connectivity index (χ4v) is 1.95. The van der Waals surface area contributed by atoms with Crippen molar-refractivity contribution in [2.75, 3.05) is 13.7 Å². The lowest BCUT2D eigenvalue weighted by molar-refractivity contribution is 0.211. The van der Waals surface area contributed by atoms with Gasteiger partial charge >= 0.3 is 0 Å². The molecule has 1 aromatic carbocycles. The fraction of sp³-hybridized carbons (Fsp3) is 0.500. The van der Waals surface area contributed by atoms with Gasteiger partial charge in [-0.3, -0.25) is 0 Å². The second-order valence-corrected chi connectivity index (χ2v) is 3.67. The average molecular weight is 211 g/mol. The molecule has 15 heavy (non-hydrogen) atoms. The smallest absolute Gasteiger partial charge is 0.123 e. The number of aliphatic hydroxyl groups is 1. The highest BCUT2D eigenvalue weighted by Gasteiger charge is 2.27. The molecule has 2 N–H and O–H groups in total. The molecular weight excluding hydrogens is 193 g/mol. The van der Waals surface area contributed by atoms with Crippen LogP contribution in [-0.4, -0.2) is 18.8 Å². The molecule has 1 aromatic rings. The summed E-state index contributed by atoms with van der Waals surface area (Å²) in [6.45, 7) is 2.11. The summed E-state index contributed by atoms with van der Waals surface area (Å²) in [4.78, 5) is 0. The Kier molecular flexibility index (Phi) is 4.24. The van der Waals surface area contributed by atoms with Crippen LogP contribution in [0.1, 0.15) is 25.3 Å². The van der Waals surface area contributed by atoms with Crippen LogP contribution < -0.4 is 5.32 Å². The first-order chi connectivity index (χ1) is 7.18. The fourth-order valence-electron chi connectivity index (χ4n) is 1.95. The van der Waals surface area contributed by atoms with Crippen LogP contribution in [0.25, 0.3) is 0 Å². The van der Waals surface area contributed by atoms with Crippen LogP contribution >= 0.6 is 0 Å². The minimum Gasteiger partial charge on any atom is -0.396 e. The highest BCUT2D eigenvalue weighted by molar-refractivity contribution is 5.25. The maximum atomic E-state index is 13.1. The standard InChI is InChI=1S/C12H18FNO/c1-3-12(14-2,7-8-15)10-5-4-6-11(13)9-10/h4-6,9,14-15H,3,7-8H2,1-2H3. The third-order valence-corrected chi connectivity index (χ3v) is 3.00. The predicted octanol–water partition coefficient (Wildman–Crippen LogP) is 2.03. The van der Waals surface area contributed by atoms with Gasteiger partial charge in [-0.1, -0.05) is 19.1 Å². The zero-order chi connectivity index (χ0) is 11.3. The Morgan fingerprint density at radius 3 is 2.67 bits per heavy atom. The molecule has 1 atom stereocenters. The molecule has 0 fully saturated rings.